The summed E-state index contributed by atoms with van der Waals surface area (Å²) in [7, 11) is -3.75. The zero-order chi connectivity index (χ0) is 20.8. The van der Waals surface area contributed by atoms with Crippen LogP contribution < -0.4 is 15.0 Å². The summed E-state index contributed by atoms with van der Waals surface area (Å²) in [6.45, 7) is 5.85. The summed E-state index contributed by atoms with van der Waals surface area (Å²) in [5, 5.41) is 8.77. The fourth-order valence-electron chi connectivity index (χ4n) is 3.06. The monoisotopic (exact) mass is 418 g/mol. The number of hydrogen-bond acceptors (Lipinski definition) is 7. The van der Waals surface area contributed by atoms with Gasteiger partial charge >= 0.3 is 0 Å². The summed E-state index contributed by atoms with van der Waals surface area (Å²) in [5.41, 5.74) is -0.161. The zero-order valence-corrected chi connectivity index (χ0v) is 17.2. The Morgan fingerprint density at radius 2 is 2.03 bits per heavy atom. The van der Waals surface area contributed by atoms with Crippen molar-refractivity contribution in [2.45, 2.75) is 50.6 Å². The van der Waals surface area contributed by atoms with Gasteiger partial charge in [-0.1, -0.05) is 5.16 Å². The van der Waals surface area contributed by atoms with Crippen LogP contribution in [0.1, 0.15) is 38.1 Å². The first-order valence-corrected chi connectivity index (χ1v) is 10.8. The number of aromatic nitrogens is 3. The van der Waals surface area contributed by atoms with Gasteiger partial charge in [0.25, 0.3) is 5.56 Å². The minimum atomic E-state index is -3.75. The Balaban J connectivity index is 1.83. The van der Waals surface area contributed by atoms with Crippen LogP contribution >= 0.6 is 0 Å². The van der Waals surface area contributed by atoms with Gasteiger partial charge in [-0.3, -0.25) is 4.79 Å². The molecule has 3 aromatic rings. The molecule has 9 nitrogen and oxygen atoms in total. The minimum absolute atomic E-state index is 0.0333. The molecule has 10 heteroatoms. The van der Waals surface area contributed by atoms with Crippen LogP contribution in [0.15, 0.2) is 38.5 Å². The predicted molar refractivity (Wildman–Crippen MR) is 105 cm³/mol. The summed E-state index contributed by atoms with van der Waals surface area (Å²) in [4.78, 5) is 13.1. The van der Waals surface area contributed by atoms with Gasteiger partial charge in [-0.25, -0.2) is 17.8 Å². The first kappa shape index (κ1) is 19.6. The van der Waals surface area contributed by atoms with Crippen LogP contribution in [0.2, 0.25) is 0 Å². The third-order valence-electron chi connectivity index (χ3n) is 4.85. The van der Waals surface area contributed by atoms with Crippen molar-refractivity contribution in [3.8, 4) is 5.88 Å². The molecular formula is C19H22N4O5S. The SMILES string of the molecule is CCOc1nn(Cc2cc(C)no2)c(=O)c2cc(S(=O)(=O)NC3(C)CC3)ccc12. The minimum Gasteiger partial charge on any atom is -0.477 e. The molecule has 29 heavy (non-hydrogen) atoms. The van der Waals surface area contributed by atoms with E-state index < -0.39 is 21.1 Å². The molecule has 0 spiro atoms. The van der Waals surface area contributed by atoms with Gasteiger partial charge in [0.15, 0.2) is 5.76 Å². The van der Waals surface area contributed by atoms with Crippen molar-refractivity contribution in [3.63, 3.8) is 0 Å². The van der Waals surface area contributed by atoms with Crippen LogP contribution in [-0.4, -0.2) is 35.5 Å². The van der Waals surface area contributed by atoms with Gasteiger partial charge in [-0.2, -0.15) is 0 Å². The average molecular weight is 418 g/mol. The normalized spacial score (nSPS) is 15.6. The summed E-state index contributed by atoms with van der Waals surface area (Å²) < 4.78 is 40.1. The third kappa shape index (κ3) is 3.90. The van der Waals surface area contributed by atoms with Crippen LogP contribution in [0.3, 0.4) is 0 Å². The molecule has 1 saturated carbocycles. The van der Waals surface area contributed by atoms with Crippen molar-refractivity contribution in [1.29, 1.82) is 0 Å². The van der Waals surface area contributed by atoms with E-state index in [0.717, 1.165) is 12.8 Å². The quantitative estimate of drug-likeness (QED) is 0.623. The summed E-state index contributed by atoms with van der Waals surface area (Å²) >= 11 is 0. The Morgan fingerprint density at radius 1 is 1.28 bits per heavy atom. The number of fused-ring (bicyclic) bond motifs is 1. The maximum atomic E-state index is 13.0. The van der Waals surface area contributed by atoms with Crippen molar-refractivity contribution in [1.82, 2.24) is 19.7 Å². The Hall–Kier alpha value is -2.72. The van der Waals surface area contributed by atoms with Crippen molar-refractivity contribution in [2.75, 3.05) is 6.61 Å². The van der Waals surface area contributed by atoms with Gasteiger partial charge in [0.2, 0.25) is 15.9 Å². The summed E-state index contributed by atoms with van der Waals surface area (Å²) in [6, 6.07) is 6.10. The molecule has 2 heterocycles. The van der Waals surface area contributed by atoms with Crippen molar-refractivity contribution >= 4 is 20.8 Å². The lowest BCUT2D eigenvalue weighted by Gasteiger charge is -2.14. The fraction of sp³-hybridized carbons (Fsp3) is 0.421. The maximum Gasteiger partial charge on any atom is 0.275 e. The smallest absolute Gasteiger partial charge is 0.275 e. The van der Waals surface area contributed by atoms with Gasteiger partial charge in [0, 0.05) is 11.6 Å². The van der Waals surface area contributed by atoms with E-state index in [1.54, 1.807) is 19.1 Å². The van der Waals surface area contributed by atoms with Crippen LogP contribution in [0.25, 0.3) is 10.8 Å². The van der Waals surface area contributed by atoms with E-state index in [9.17, 15) is 13.2 Å². The first-order valence-electron chi connectivity index (χ1n) is 9.35. The third-order valence-corrected chi connectivity index (χ3v) is 6.49. The van der Waals surface area contributed by atoms with Gasteiger partial charge in [0.05, 0.1) is 28.0 Å². The highest BCUT2D eigenvalue weighted by molar-refractivity contribution is 7.89. The molecule has 1 N–H and O–H groups in total. The van der Waals surface area contributed by atoms with E-state index in [-0.39, 0.29) is 22.7 Å². The van der Waals surface area contributed by atoms with Crippen molar-refractivity contribution in [3.05, 3.63) is 46.1 Å². The van der Waals surface area contributed by atoms with Crippen LogP contribution in [0.5, 0.6) is 5.88 Å². The summed E-state index contributed by atoms with van der Waals surface area (Å²) in [6.07, 6.45) is 1.59. The molecule has 1 aliphatic rings. The Kier molecular flexibility index (Phi) is 4.70. The molecule has 0 amide bonds. The molecule has 0 radical (unpaired) electrons. The second-order valence-electron chi connectivity index (χ2n) is 7.51. The highest BCUT2D eigenvalue weighted by Gasteiger charge is 2.41. The Labute approximate surface area is 167 Å². The van der Waals surface area contributed by atoms with E-state index >= 15 is 0 Å². The number of sulfonamides is 1. The van der Waals surface area contributed by atoms with Gasteiger partial charge < -0.3 is 9.26 Å². The highest BCUT2D eigenvalue weighted by atomic mass is 32.2. The second kappa shape index (κ2) is 6.96. The number of hydrogen-bond donors (Lipinski definition) is 1. The van der Waals surface area contributed by atoms with E-state index in [0.29, 0.717) is 23.4 Å². The van der Waals surface area contributed by atoms with Crippen molar-refractivity contribution in [2.24, 2.45) is 0 Å². The fourth-order valence-corrected chi connectivity index (χ4v) is 4.55. The highest BCUT2D eigenvalue weighted by Crippen LogP contribution is 2.36. The summed E-state index contributed by atoms with van der Waals surface area (Å²) in [5.74, 6) is 0.718. The maximum absolute atomic E-state index is 13.0. The zero-order valence-electron chi connectivity index (χ0n) is 16.4. The number of aryl methyl sites for hydroxylation is 1. The number of rotatable bonds is 7. The molecule has 0 saturated heterocycles. The lowest BCUT2D eigenvalue weighted by Crippen LogP contribution is -2.34. The second-order valence-corrected chi connectivity index (χ2v) is 9.19. The topological polar surface area (TPSA) is 116 Å². The van der Waals surface area contributed by atoms with E-state index in [2.05, 4.69) is 15.0 Å². The lowest BCUT2D eigenvalue weighted by atomic mass is 10.2. The number of ether oxygens (including phenoxy) is 1. The van der Waals surface area contributed by atoms with Crippen LogP contribution in [0, 0.1) is 6.92 Å². The van der Waals surface area contributed by atoms with Crippen LogP contribution in [-0.2, 0) is 16.6 Å². The molecule has 2 aromatic heterocycles. The van der Waals surface area contributed by atoms with Gasteiger partial charge in [0.1, 0.15) is 6.54 Å². The number of benzene rings is 1. The molecule has 154 valence electrons. The largest absolute Gasteiger partial charge is 0.477 e. The molecule has 1 aromatic carbocycles. The molecule has 0 bridgehead atoms. The molecule has 1 fully saturated rings. The predicted octanol–water partition coefficient (Wildman–Crippen LogP) is 1.97. The Morgan fingerprint density at radius 3 is 2.66 bits per heavy atom. The average Bonchev–Trinajstić information content (AvgIpc) is 3.23. The van der Waals surface area contributed by atoms with E-state index in [1.807, 2.05) is 13.8 Å². The first-order chi connectivity index (χ1) is 13.7. The molecule has 0 atom stereocenters. The Bertz CT molecular complexity index is 1240. The number of nitrogens with one attached hydrogen (secondary N) is 1. The molecular weight excluding hydrogens is 396 g/mol. The van der Waals surface area contributed by atoms with Gasteiger partial charge in [-0.15, -0.1) is 5.10 Å². The standard InChI is InChI=1S/C19H22N4O5S/c1-4-27-17-15-6-5-14(29(25,26)22-19(3)7-8-19)10-16(15)18(24)23(20-17)11-13-9-12(2)21-28-13/h5-6,9-10,22H,4,7-8,11H2,1-3H3. The molecule has 1 aliphatic carbocycles. The lowest BCUT2D eigenvalue weighted by molar-refractivity contribution is 0.315. The van der Waals surface area contributed by atoms with Crippen LogP contribution in [0.4, 0.5) is 0 Å². The molecule has 4 rings (SSSR count). The van der Waals surface area contributed by atoms with E-state index in [4.69, 9.17) is 9.26 Å². The van der Waals surface area contributed by atoms with Gasteiger partial charge in [-0.05, 0) is 51.8 Å². The van der Waals surface area contributed by atoms with E-state index in [1.165, 1.54) is 16.8 Å². The molecule has 0 unspecified atom stereocenters. The molecule has 0 aliphatic heterocycles. The van der Waals surface area contributed by atoms with Crippen molar-refractivity contribution < 1.29 is 17.7 Å². The number of nitrogens with zero attached hydrogens (tertiary/aromatic N) is 3.